The lowest BCUT2D eigenvalue weighted by Crippen LogP contribution is -2.16. The first-order valence-electron chi connectivity index (χ1n) is 6.83. The third-order valence-electron chi connectivity index (χ3n) is 2.92. The predicted molar refractivity (Wildman–Crippen MR) is 84.9 cm³/mol. The van der Waals surface area contributed by atoms with Crippen LogP contribution in [0.3, 0.4) is 0 Å². The lowest BCUT2D eigenvalue weighted by molar-refractivity contribution is -0.138. The Kier molecular flexibility index (Phi) is 7.14. The van der Waals surface area contributed by atoms with Crippen LogP contribution in [0.15, 0.2) is 30.0 Å². The Morgan fingerprint density at radius 1 is 0.800 bits per heavy atom. The molecule has 0 saturated heterocycles. The van der Waals surface area contributed by atoms with E-state index in [-0.39, 0.29) is 22.5 Å². The van der Waals surface area contributed by atoms with Crippen molar-refractivity contribution in [1.29, 1.82) is 0 Å². The first-order valence-corrected chi connectivity index (χ1v) is 6.83. The smallest absolute Gasteiger partial charge is 0.354 e. The third-order valence-corrected chi connectivity index (χ3v) is 2.92. The SMILES string of the molecule is COC(=O)/C=C(/Nc1cc(C(=O)OC)cc(C(=O)OC)c1)C(=O)OC. The third kappa shape index (κ3) is 5.34. The van der Waals surface area contributed by atoms with Crippen molar-refractivity contribution in [3.05, 3.63) is 41.1 Å². The van der Waals surface area contributed by atoms with Gasteiger partial charge in [0, 0.05) is 5.69 Å². The second-order valence-electron chi connectivity index (χ2n) is 4.48. The minimum Gasteiger partial charge on any atom is -0.466 e. The fourth-order valence-electron chi connectivity index (χ4n) is 1.76. The van der Waals surface area contributed by atoms with Crippen LogP contribution in [0.4, 0.5) is 5.69 Å². The molecule has 0 unspecified atom stereocenters. The minimum atomic E-state index is -0.853. The number of anilines is 1. The number of carbonyl (C=O) groups is 4. The van der Waals surface area contributed by atoms with Gasteiger partial charge in [-0.1, -0.05) is 0 Å². The van der Waals surface area contributed by atoms with Crippen LogP contribution in [0.25, 0.3) is 0 Å². The summed E-state index contributed by atoms with van der Waals surface area (Å²) in [6.45, 7) is 0. The number of rotatable bonds is 6. The second kappa shape index (κ2) is 9.06. The van der Waals surface area contributed by atoms with Crippen LogP contribution in [0.1, 0.15) is 20.7 Å². The highest BCUT2D eigenvalue weighted by Crippen LogP contribution is 2.19. The Labute approximate surface area is 143 Å². The van der Waals surface area contributed by atoms with Crippen LogP contribution in [0.2, 0.25) is 0 Å². The van der Waals surface area contributed by atoms with Gasteiger partial charge in [-0.05, 0) is 18.2 Å². The molecule has 1 N–H and O–H groups in total. The molecule has 0 radical (unpaired) electrons. The van der Waals surface area contributed by atoms with Gasteiger partial charge in [0.2, 0.25) is 0 Å². The topological polar surface area (TPSA) is 117 Å². The molecule has 1 aromatic carbocycles. The Balaban J connectivity index is 3.35. The van der Waals surface area contributed by atoms with Crippen LogP contribution in [-0.4, -0.2) is 52.3 Å². The van der Waals surface area contributed by atoms with E-state index in [1.807, 2.05) is 0 Å². The highest BCUT2D eigenvalue weighted by atomic mass is 16.5. The van der Waals surface area contributed by atoms with Gasteiger partial charge in [-0.25, -0.2) is 19.2 Å². The molecule has 0 amide bonds. The van der Waals surface area contributed by atoms with Crippen LogP contribution >= 0.6 is 0 Å². The monoisotopic (exact) mass is 351 g/mol. The molecule has 1 rings (SSSR count). The zero-order chi connectivity index (χ0) is 19.0. The van der Waals surface area contributed by atoms with Crippen molar-refractivity contribution in [2.45, 2.75) is 0 Å². The van der Waals surface area contributed by atoms with Gasteiger partial charge in [-0.2, -0.15) is 0 Å². The van der Waals surface area contributed by atoms with Crippen molar-refractivity contribution in [3.8, 4) is 0 Å². The van der Waals surface area contributed by atoms with Crippen molar-refractivity contribution in [2.24, 2.45) is 0 Å². The number of benzene rings is 1. The van der Waals surface area contributed by atoms with Gasteiger partial charge < -0.3 is 24.3 Å². The van der Waals surface area contributed by atoms with Gasteiger partial charge in [0.25, 0.3) is 0 Å². The lowest BCUT2D eigenvalue weighted by Gasteiger charge is -2.12. The second-order valence-corrected chi connectivity index (χ2v) is 4.48. The molecule has 0 atom stereocenters. The highest BCUT2D eigenvalue weighted by Gasteiger charge is 2.17. The molecule has 9 nitrogen and oxygen atoms in total. The summed E-state index contributed by atoms with van der Waals surface area (Å²) in [4.78, 5) is 46.6. The van der Waals surface area contributed by atoms with E-state index < -0.39 is 23.9 Å². The van der Waals surface area contributed by atoms with Crippen LogP contribution in [0, 0.1) is 0 Å². The van der Waals surface area contributed by atoms with Gasteiger partial charge >= 0.3 is 23.9 Å². The fourth-order valence-corrected chi connectivity index (χ4v) is 1.76. The Bertz CT molecular complexity index is 689. The van der Waals surface area contributed by atoms with E-state index in [9.17, 15) is 19.2 Å². The molecular formula is C16H17NO8. The average molecular weight is 351 g/mol. The molecule has 0 aliphatic heterocycles. The maximum atomic E-state index is 11.8. The number of methoxy groups -OCH3 is 4. The Hall–Kier alpha value is -3.36. The van der Waals surface area contributed by atoms with E-state index >= 15 is 0 Å². The zero-order valence-electron chi connectivity index (χ0n) is 14.1. The zero-order valence-corrected chi connectivity index (χ0v) is 14.1. The van der Waals surface area contributed by atoms with E-state index in [4.69, 9.17) is 0 Å². The first-order chi connectivity index (χ1) is 11.9. The van der Waals surface area contributed by atoms with E-state index in [0.29, 0.717) is 0 Å². The molecule has 0 bridgehead atoms. The van der Waals surface area contributed by atoms with Crippen molar-refractivity contribution < 1.29 is 38.1 Å². The summed E-state index contributed by atoms with van der Waals surface area (Å²) in [6, 6.07) is 3.92. The molecule has 0 saturated carbocycles. The number of hydrogen-bond acceptors (Lipinski definition) is 9. The van der Waals surface area contributed by atoms with E-state index in [1.165, 1.54) is 32.4 Å². The average Bonchev–Trinajstić information content (AvgIpc) is 2.64. The van der Waals surface area contributed by atoms with Gasteiger partial charge in [0.05, 0.1) is 45.6 Å². The molecular weight excluding hydrogens is 334 g/mol. The Morgan fingerprint density at radius 3 is 1.72 bits per heavy atom. The fraction of sp³-hybridized carbons (Fsp3) is 0.250. The van der Waals surface area contributed by atoms with Crippen LogP contribution in [-0.2, 0) is 28.5 Å². The van der Waals surface area contributed by atoms with Crippen LogP contribution in [0.5, 0.6) is 0 Å². The summed E-state index contributed by atoms with van der Waals surface area (Å²) in [7, 11) is 4.62. The largest absolute Gasteiger partial charge is 0.466 e. The number of esters is 4. The summed E-state index contributed by atoms with van der Waals surface area (Å²) >= 11 is 0. The van der Waals surface area contributed by atoms with E-state index in [0.717, 1.165) is 20.3 Å². The molecule has 0 aromatic heterocycles. The normalized spacial score (nSPS) is 10.5. The van der Waals surface area contributed by atoms with Crippen molar-refractivity contribution in [1.82, 2.24) is 0 Å². The van der Waals surface area contributed by atoms with Crippen molar-refractivity contribution in [3.63, 3.8) is 0 Å². The standard InChI is InChI=1S/C16H17NO8/c1-22-13(18)8-12(16(21)25-4)17-11-6-9(14(19)23-2)5-10(7-11)15(20)24-3/h5-8,17H,1-4H3/b12-8+. The number of nitrogens with one attached hydrogen (secondary N) is 1. The Morgan fingerprint density at radius 2 is 1.32 bits per heavy atom. The van der Waals surface area contributed by atoms with Crippen molar-refractivity contribution >= 4 is 29.6 Å². The maximum Gasteiger partial charge on any atom is 0.354 e. The van der Waals surface area contributed by atoms with Crippen LogP contribution < -0.4 is 5.32 Å². The number of carbonyl (C=O) groups excluding carboxylic acids is 4. The van der Waals surface area contributed by atoms with E-state index in [1.54, 1.807) is 0 Å². The number of hydrogen-bond donors (Lipinski definition) is 1. The van der Waals surface area contributed by atoms with Gasteiger partial charge in [-0.3, -0.25) is 0 Å². The van der Waals surface area contributed by atoms with Gasteiger partial charge in [0.1, 0.15) is 5.70 Å². The maximum absolute atomic E-state index is 11.8. The summed E-state index contributed by atoms with van der Waals surface area (Å²) in [5, 5.41) is 2.60. The predicted octanol–water partition coefficient (Wildman–Crippen LogP) is 0.902. The summed E-state index contributed by atoms with van der Waals surface area (Å²) < 4.78 is 18.3. The highest BCUT2D eigenvalue weighted by molar-refractivity contribution is 6.00. The lowest BCUT2D eigenvalue weighted by atomic mass is 10.1. The molecule has 1 aromatic rings. The summed E-state index contributed by atoms with van der Waals surface area (Å²) in [6.07, 6.45) is 0.870. The van der Waals surface area contributed by atoms with Gasteiger partial charge in [0.15, 0.2) is 0 Å². The summed E-state index contributed by atoms with van der Waals surface area (Å²) in [5.74, 6) is -3.06. The molecule has 0 heterocycles. The molecule has 0 spiro atoms. The molecule has 25 heavy (non-hydrogen) atoms. The van der Waals surface area contributed by atoms with Gasteiger partial charge in [-0.15, -0.1) is 0 Å². The quantitative estimate of drug-likeness (QED) is 0.453. The molecule has 9 heteroatoms. The summed E-state index contributed by atoms with van der Waals surface area (Å²) in [5.41, 5.74) is -0.0265. The van der Waals surface area contributed by atoms with Crippen molar-refractivity contribution in [2.75, 3.05) is 33.8 Å². The first kappa shape index (κ1) is 19.7. The molecule has 0 aliphatic rings. The molecule has 134 valence electrons. The minimum absolute atomic E-state index is 0.0372. The van der Waals surface area contributed by atoms with E-state index in [2.05, 4.69) is 24.3 Å². The molecule has 0 aliphatic carbocycles. The molecule has 0 fully saturated rings. The number of ether oxygens (including phenoxy) is 4.